The maximum Gasteiger partial charge on any atom is 0.269 e. The van der Waals surface area contributed by atoms with Gasteiger partial charge < -0.3 is 10.7 Å². The molecular weight excluding hydrogens is 262 g/mol. The number of nitrogens with two attached hydrogens (primary N) is 1. The summed E-state index contributed by atoms with van der Waals surface area (Å²) in [5.41, 5.74) is 2.99. The average Bonchev–Trinajstić information content (AvgIpc) is 2.02. The van der Waals surface area contributed by atoms with E-state index < -0.39 is 23.5 Å². The molecule has 0 aliphatic carbocycles. The Kier molecular flexibility index (Phi) is 3.00. The van der Waals surface area contributed by atoms with Crippen molar-refractivity contribution in [3.05, 3.63) is 32.2 Å². The minimum absolute atomic E-state index is 0.000556. The van der Waals surface area contributed by atoms with Crippen molar-refractivity contribution in [2.45, 2.75) is 6.43 Å². The molecule has 0 saturated carbocycles. The molecule has 1 amide bonds. The molecule has 76 valence electrons. The summed E-state index contributed by atoms with van der Waals surface area (Å²) in [6, 6.07) is 0.774. The number of carbonyl (C=O) groups excluding carboxylic acids is 1. The molecule has 1 aromatic heterocycles. The molecular formula is C7H5BrF2N2O2. The van der Waals surface area contributed by atoms with Crippen LogP contribution in [-0.4, -0.2) is 10.9 Å². The third-order valence-electron chi connectivity index (χ3n) is 1.52. The second-order valence-electron chi connectivity index (χ2n) is 2.45. The molecule has 1 heterocycles. The third-order valence-corrected chi connectivity index (χ3v) is 2.15. The van der Waals surface area contributed by atoms with E-state index in [0.717, 1.165) is 6.07 Å². The molecule has 7 heteroatoms. The fraction of sp³-hybridized carbons (Fsp3) is 0.143. The lowest BCUT2D eigenvalue weighted by atomic mass is 10.2. The highest BCUT2D eigenvalue weighted by Crippen LogP contribution is 2.19. The number of amides is 1. The van der Waals surface area contributed by atoms with Crippen LogP contribution in [0.3, 0.4) is 0 Å². The molecule has 14 heavy (non-hydrogen) atoms. The first-order chi connectivity index (χ1) is 6.43. The van der Waals surface area contributed by atoms with Gasteiger partial charge in [-0.1, -0.05) is 0 Å². The minimum Gasteiger partial charge on any atom is -0.366 e. The number of aromatic amines is 1. The zero-order valence-electron chi connectivity index (χ0n) is 6.68. The van der Waals surface area contributed by atoms with Gasteiger partial charge in [0, 0.05) is 0 Å². The van der Waals surface area contributed by atoms with Gasteiger partial charge in [-0.15, -0.1) is 0 Å². The molecule has 0 saturated heterocycles. The lowest BCUT2D eigenvalue weighted by molar-refractivity contribution is 0.0998. The molecule has 4 nitrogen and oxygen atoms in total. The van der Waals surface area contributed by atoms with Gasteiger partial charge in [0.1, 0.15) is 0 Å². The Morgan fingerprint density at radius 2 is 2.14 bits per heavy atom. The Labute approximate surface area is 85.2 Å². The summed E-state index contributed by atoms with van der Waals surface area (Å²) in [4.78, 5) is 23.7. The number of H-pyrrole nitrogens is 1. The van der Waals surface area contributed by atoms with E-state index in [1.807, 2.05) is 0 Å². The molecule has 1 aromatic rings. The van der Waals surface area contributed by atoms with E-state index in [4.69, 9.17) is 5.73 Å². The number of hydrogen-bond donors (Lipinski definition) is 2. The summed E-state index contributed by atoms with van der Waals surface area (Å²) < 4.78 is 24.4. The third kappa shape index (κ3) is 1.98. The Hall–Kier alpha value is -1.24. The Morgan fingerprint density at radius 3 is 2.57 bits per heavy atom. The summed E-state index contributed by atoms with van der Waals surface area (Å²) in [5.74, 6) is -0.893. The average molecular weight is 267 g/mol. The molecule has 0 aliphatic rings. The number of carbonyl (C=O) groups is 1. The van der Waals surface area contributed by atoms with Crippen molar-refractivity contribution in [3.63, 3.8) is 0 Å². The normalized spacial score (nSPS) is 10.6. The van der Waals surface area contributed by atoms with E-state index in [0.29, 0.717) is 0 Å². The zero-order valence-corrected chi connectivity index (χ0v) is 8.27. The van der Waals surface area contributed by atoms with Crippen molar-refractivity contribution in [1.82, 2.24) is 4.98 Å². The van der Waals surface area contributed by atoms with Gasteiger partial charge in [-0.05, 0) is 22.0 Å². The van der Waals surface area contributed by atoms with Crippen molar-refractivity contribution >= 4 is 21.8 Å². The van der Waals surface area contributed by atoms with Gasteiger partial charge in [-0.3, -0.25) is 9.59 Å². The van der Waals surface area contributed by atoms with Gasteiger partial charge in [0.05, 0.1) is 15.7 Å². The van der Waals surface area contributed by atoms with Gasteiger partial charge in [0.25, 0.3) is 17.9 Å². The highest BCUT2D eigenvalue weighted by molar-refractivity contribution is 9.10. The smallest absolute Gasteiger partial charge is 0.269 e. The molecule has 3 N–H and O–H groups in total. The highest BCUT2D eigenvalue weighted by Gasteiger charge is 2.17. The van der Waals surface area contributed by atoms with Crippen LogP contribution in [0.15, 0.2) is 15.5 Å². The molecule has 1 rings (SSSR count). The summed E-state index contributed by atoms with van der Waals surface area (Å²) in [6.07, 6.45) is -2.94. The van der Waals surface area contributed by atoms with Crippen LogP contribution in [0.1, 0.15) is 22.3 Å². The number of aromatic nitrogens is 1. The lowest BCUT2D eigenvalue weighted by Crippen LogP contribution is -2.19. The number of rotatable bonds is 2. The second-order valence-corrected chi connectivity index (χ2v) is 3.24. The fourth-order valence-corrected chi connectivity index (χ4v) is 1.35. The summed E-state index contributed by atoms with van der Waals surface area (Å²) in [5, 5.41) is 0. The molecule has 0 atom stereocenters. The topological polar surface area (TPSA) is 76.0 Å². The van der Waals surface area contributed by atoms with E-state index in [1.165, 1.54) is 0 Å². The van der Waals surface area contributed by atoms with Crippen LogP contribution < -0.4 is 11.3 Å². The van der Waals surface area contributed by atoms with Crippen molar-refractivity contribution in [2.24, 2.45) is 5.73 Å². The predicted octanol–water partition coefficient (Wildman–Crippen LogP) is 1.17. The molecule has 0 unspecified atom stereocenters. The van der Waals surface area contributed by atoms with E-state index in [1.54, 1.807) is 0 Å². The molecule has 0 fully saturated rings. The van der Waals surface area contributed by atoms with Gasteiger partial charge >= 0.3 is 0 Å². The quantitative estimate of drug-likeness (QED) is 0.789. The molecule has 0 radical (unpaired) electrons. The standard InChI is InChI=1S/C7H5BrF2N2O2/c8-4-2(6(11)13)1-3(5(9)10)7(14)12-4/h1,5H,(H2,11,13)(H,12,14). The van der Waals surface area contributed by atoms with Crippen LogP contribution in [0, 0.1) is 0 Å². The van der Waals surface area contributed by atoms with E-state index in [9.17, 15) is 18.4 Å². The van der Waals surface area contributed by atoms with Crippen molar-refractivity contribution in [3.8, 4) is 0 Å². The molecule has 0 aliphatic heterocycles. The van der Waals surface area contributed by atoms with Crippen molar-refractivity contribution < 1.29 is 13.6 Å². The fourth-order valence-electron chi connectivity index (χ4n) is 0.865. The number of halogens is 3. The number of primary amides is 1. The second kappa shape index (κ2) is 3.87. The first kappa shape index (κ1) is 10.8. The largest absolute Gasteiger partial charge is 0.366 e. The van der Waals surface area contributed by atoms with Crippen LogP contribution >= 0.6 is 15.9 Å². The minimum atomic E-state index is -2.94. The van der Waals surface area contributed by atoms with Crippen LogP contribution in [0.4, 0.5) is 8.78 Å². The van der Waals surface area contributed by atoms with Crippen LogP contribution in [-0.2, 0) is 0 Å². The van der Waals surface area contributed by atoms with Gasteiger partial charge in [0.15, 0.2) is 0 Å². The number of alkyl halides is 2. The maximum absolute atomic E-state index is 12.2. The first-order valence-corrected chi connectivity index (χ1v) is 4.23. The SMILES string of the molecule is NC(=O)c1cc(C(F)F)c(=O)[nH]c1Br. The van der Waals surface area contributed by atoms with Gasteiger partial charge in [0.2, 0.25) is 0 Å². The molecule has 0 bridgehead atoms. The Morgan fingerprint density at radius 1 is 1.57 bits per heavy atom. The Balaban J connectivity index is 3.42. The van der Waals surface area contributed by atoms with E-state index >= 15 is 0 Å². The van der Waals surface area contributed by atoms with Crippen LogP contribution in [0.2, 0.25) is 0 Å². The number of hydrogen-bond acceptors (Lipinski definition) is 2. The lowest BCUT2D eigenvalue weighted by Gasteiger charge is -2.03. The van der Waals surface area contributed by atoms with Crippen LogP contribution in [0.5, 0.6) is 0 Å². The van der Waals surface area contributed by atoms with E-state index in [2.05, 4.69) is 20.9 Å². The Bertz CT molecular complexity index is 430. The summed E-state index contributed by atoms with van der Waals surface area (Å²) >= 11 is 2.83. The van der Waals surface area contributed by atoms with Crippen LogP contribution in [0.25, 0.3) is 0 Å². The molecule has 0 aromatic carbocycles. The maximum atomic E-state index is 12.2. The predicted molar refractivity (Wildman–Crippen MR) is 48.2 cm³/mol. The summed E-state index contributed by atoms with van der Waals surface area (Å²) in [7, 11) is 0. The highest BCUT2D eigenvalue weighted by atomic mass is 79.9. The van der Waals surface area contributed by atoms with E-state index in [-0.39, 0.29) is 10.2 Å². The van der Waals surface area contributed by atoms with Crippen molar-refractivity contribution in [1.29, 1.82) is 0 Å². The van der Waals surface area contributed by atoms with Gasteiger partial charge in [-0.25, -0.2) is 8.78 Å². The summed E-state index contributed by atoms with van der Waals surface area (Å²) in [6.45, 7) is 0. The zero-order chi connectivity index (χ0) is 10.9. The van der Waals surface area contributed by atoms with Crippen molar-refractivity contribution in [2.75, 3.05) is 0 Å². The monoisotopic (exact) mass is 266 g/mol. The number of pyridine rings is 1. The van der Waals surface area contributed by atoms with Gasteiger partial charge in [-0.2, -0.15) is 0 Å². The number of nitrogens with one attached hydrogen (secondary N) is 1. The molecule has 0 spiro atoms. The first-order valence-electron chi connectivity index (χ1n) is 3.44.